The number of rotatable bonds is 4. The van der Waals surface area contributed by atoms with Gasteiger partial charge < -0.3 is 10.2 Å². The Morgan fingerprint density at radius 1 is 1.17 bits per heavy atom. The predicted octanol–water partition coefficient (Wildman–Crippen LogP) is 2.88. The second-order valence-electron chi connectivity index (χ2n) is 6.24. The zero-order valence-electron chi connectivity index (χ0n) is 14.1. The van der Waals surface area contributed by atoms with Crippen molar-refractivity contribution in [2.45, 2.75) is 26.2 Å². The molecule has 1 aliphatic rings. The van der Waals surface area contributed by atoms with Crippen molar-refractivity contribution >= 4 is 17.5 Å². The van der Waals surface area contributed by atoms with Crippen LogP contribution in [0.2, 0.25) is 0 Å². The lowest BCUT2D eigenvalue weighted by molar-refractivity contribution is -0.118. The van der Waals surface area contributed by atoms with Crippen LogP contribution >= 0.6 is 0 Å². The van der Waals surface area contributed by atoms with Crippen LogP contribution in [0.1, 0.15) is 33.5 Å². The van der Waals surface area contributed by atoms with Gasteiger partial charge in [-0.3, -0.25) is 9.59 Å². The first-order valence-electron chi connectivity index (χ1n) is 8.28. The third kappa shape index (κ3) is 3.32. The van der Waals surface area contributed by atoms with Crippen molar-refractivity contribution in [2.24, 2.45) is 0 Å². The van der Waals surface area contributed by atoms with E-state index in [1.54, 1.807) is 4.90 Å². The van der Waals surface area contributed by atoms with Crippen LogP contribution in [0.3, 0.4) is 0 Å². The molecule has 0 spiro atoms. The SMILES string of the molecule is Cc1ccccc1C(=O)NCCc1ccc2c(c1)CCC(=O)N2C. The Bertz CT molecular complexity index is 783. The second kappa shape index (κ2) is 6.87. The van der Waals surface area contributed by atoms with Crippen molar-refractivity contribution in [1.82, 2.24) is 5.32 Å². The van der Waals surface area contributed by atoms with Gasteiger partial charge in [-0.25, -0.2) is 0 Å². The lowest BCUT2D eigenvalue weighted by atomic mass is 9.98. The fourth-order valence-electron chi connectivity index (χ4n) is 3.11. The summed E-state index contributed by atoms with van der Waals surface area (Å²) in [6.07, 6.45) is 2.14. The highest BCUT2D eigenvalue weighted by Gasteiger charge is 2.20. The van der Waals surface area contributed by atoms with Crippen LogP contribution < -0.4 is 10.2 Å². The number of nitrogens with zero attached hydrogens (tertiary/aromatic N) is 1. The summed E-state index contributed by atoms with van der Waals surface area (Å²) in [6, 6.07) is 13.8. The molecule has 4 nitrogen and oxygen atoms in total. The Hall–Kier alpha value is -2.62. The van der Waals surface area contributed by atoms with Crippen molar-refractivity contribution in [2.75, 3.05) is 18.5 Å². The number of carbonyl (C=O) groups excluding carboxylic acids is 2. The van der Waals surface area contributed by atoms with Gasteiger partial charge in [-0.2, -0.15) is 0 Å². The molecule has 0 atom stereocenters. The van der Waals surface area contributed by atoms with Crippen molar-refractivity contribution in [3.8, 4) is 0 Å². The number of fused-ring (bicyclic) bond motifs is 1. The maximum atomic E-state index is 12.2. The number of hydrogen-bond donors (Lipinski definition) is 1. The number of anilines is 1. The molecule has 24 heavy (non-hydrogen) atoms. The lowest BCUT2D eigenvalue weighted by Gasteiger charge is -2.26. The summed E-state index contributed by atoms with van der Waals surface area (Å²) in [5.41, 5.74) is 5.10. The van der Waals surface area contributed by atoms with Gasteiger partial charge in [0.1, 0.15) is 0 Å². The highest BCUT2D eigenvalue weighted by molar-refractivity contribution is 5.96. The van der Waals surface area contributed by atoms with Gasteiger partial charge in [0.05, 0.1) is 0 Å². The van der Waals surface area contributed by atoms with E-state index >= 15 is 0 Å². The fraction of sp³-hybridized carbons (Fsp3) is 0.300. The minimum Gasteiger partial charge on any atom is -0.352 e. The molecule has 2 aromatic carbocycles. The van der Waals surface area contributed by atoms with E-state index in [1.165, 1.54) is 11.1 Å². The molecule has 0 bridgehead atoms. The highest BCUT2D eigenvalue weighted by Crippen LogP contribution is 2.27. The number of amides is 2. The number of nitrogens with one attached hydrogen (secondary N) is 1. The van der Waals surface area contributed by atoms with Crippen LogP contribution in [-0.4, -0.2) is 25.4 Å². The number of aryl methyl sites for hydroxylation is 2. The largest absolute Gasteiger partial charge is 0.352 e. The standard InChI is InChI=1S/C20H22N2O2/c1-14-5-3-4-6-17(14)20(24)21-12-11-15-7-9-18-16(13-15)8-10-19(23)22(18)2/h3-7,9,13H,8,10-12H2,1-2H3,(H,21,24). The first-order valence-corrected chi connectivity index (χ1v) is 8.28. The Kier molecular flexibility index (Phi) is 4.65. The molecular weight excluding hydrogens is 300 g/mol. The van der Waals surface area contributed by atoms with Crippen LogP contribution in [0.15, 0.2) is 42.5 Å². The van der Waals surface area contributed by atoms with Crippen LogP contribution in [0.25, 0.3) is 0 Å². The van der Waals surface area contributed by atoms with E-state index in [-0.39, 0.29) is 11.8 Å². The number of benzene rings is 2. The molecule has 0 fully saturated rings. The zero-order chi connectivity index (χ0) is 17.1. The molecule has 3 rings (SSSR count). The smallest absolute Gasteiger partial charge is 0.251 e. The average molecular weight is 322 g/mol. The molecule has 1 aliphatic heterocycles. The van der Waals surface area contributed by atoms with Crippen molar-refractivity contribution in [1.29, 1.82) is 0 Å². The molecule has 4 heteroatoms. The van der Waals surface area contributed by atoms with Crippen LogP contribution in [0, 0.1) is 6.92 Å². The van der Waals surface area contributed by atoms with Gasteiger partial charge in [0.25, 0.3) is 5.91 Å². The van der Waals surface area contributed by atoms with Gasteiger partial charge in [0.15, 0.2) is 0 Å². The lowest BCUT2D eigenvalue weighted by Crippen LogP contribution is -2.31. The predicted molar refractivity (Wildman–Crippen MR) is 95.4 cm³/mol. The van der Waals surface area contributed by atoms with Gasteiger partial charge in [-0.05, 0) is 48.6 Å². The van der Waals surface area contributed by atoms with Gasteiger partial charge in [-0.1, -0.05) is 30.3 Å². The molecule has 0 radical (unpaired) electrons. The van der Waals surface area contributed by atoms with Crippen molar-refractivity contribution in [3.05, 3.63) is 64.7 Å². The normalized spacial score (nSPS) is 13.6. The topological polar surface area (TPSA) is 49.4 Å². The molecule has 1 N–H and O–H groups in total. The van der Waals surface area contributed by atoms with E-state index in [9.17, 15) is 9.59 Å². The van der Waals surface area contributed by atoms with Gasteiger partial charge in [-0.15, -0.1) is 0 Å². The molecule has 124 valence electrons. The molecule has 0 unspecified atom stereocenters. The average Bonchev–Trinajstić information content (AvgIpc) is 2.58. The monoisotopic (exact) mass is 322 g/mol. The first kappa shape index (κ1) is 16.2. The molecule has 0 saturated heterocycles. The number of hydrogen-bond acceptors (Lipinski definition) is 2. The summed E-state index contributed by atoms with van der Waals surface area (Å²) in [5.74, 6) is 0.136. The third-order valence-corrected chi connectivity index (χ3v) is 4.58. The van der Waals surface area contributed by atoms with Crippen LogP contribution in [-0.2, 0) is 17.6 Å². The number of carbonyl (C=O) groups is 2. The molecule has 0 saturated carbocycles. The minimum absolute atomic E-state index is 0.0311. The third-order valence-electron chi connectivity index (χ3n) is 4.58. The maximum Gasteiger partial charge on any atom is 0.251 e. The molecule has 2 aromatic rings. The zero-order valence-corrected chi connectivity index (χ0v) is 14.1. The van der Waals surface area contributed by atoms with E-state index in [2.05, 4.69) is 11.4 Å². The second-order valence-corrected chi connectivity index (χ2v) is 6.24. The Morgan fingerprint density at radius 3 is 2.75 bits per heavy atom. The van der Waals surface area contributed by atoms with Crippen molar-refractivity contribution in [3.63, 3.8) is 0 Å². The molecule has 0 aromatic heterocycles. The van der Waals surface area contributed by atoms with E-state index in [0.717, 1.165) is 29.7 Å². The summed E-state index contributed by atoms with van der Waals surface area (Å²) >= 11 is 0. The van der Waals surface area contributed by atoms with Gasteiger partial charge in [0, 0.05) is 31.3 Å². The molecule has 2 amide bonds. The Balaban J connectivity index is 1.61. The van der Waals surface area contributed by atoms with Crippen LogP contribution in [0.5, 0.6) is 0 Å². The quantitative estimate of drug-likeness (QED) is 0.941. The summed E-state index contributed by atoms with van der Waals surface area (Å²) in [5, 5.41) is 2.98. The first-order chi connectivity index (χ1) is 11.6. The van der Waals surface area contributed by atoms with Crippen LogP contribution in [0.4, 0.5) is 5.69 Å². The molecular formula is C20H22N2O2. The van der Waals surface area contributed by atoms with E-state index in [0.29, 0.717) is 13.0 Å². The Labute approximate surface area is 142 Å². The fourth-order valence-corrected chi connectivity index (χ4v) is 3.11. The summed E-state index contributed by atoms with van der Waals surface area (Å²) in [6.45, 7) is 2.54. The minimum atomic E-state index is -0.0311. The highest BCUT2D eigenvalue weighted by atomic mass is 16.2. The van der Waals surface area contributed by atoms with E-state index in [1.807, 2.05) is 50.4 Å². The summed E-state index contributed by atoms with van der Waals surface area (Å²) < 4.78 is 0. The Morgan fingerprint density at radius 2 is 1.96 bits per heavy atom. The van der Waals surface area contributed by atoms with E-state index < -0.39 is 0 Å². The van der Waals surface area contributed by atoms with E-state index in [4.69, 9.17) is 0 Å². The van der Waals surface area contributed by atoms with Gasteiger partial charge >= 0.3 is 0 Å². The summed E-state index contributed by atoms with van der Waals surface area (Å²) in [7, 11) is 1.82. The summed E-state index contributed by atoms with van der Waals surface area (Å²) in [4.78, 5) is 25.7. The van der Waals surface area contributed by atoms with Gasteiger partial charge in [0.2, 0.25) is 5.91 Å². The maximum absolute atomic E-state index is 12.2. The molecule has 1 heterocycles. The molecule has 0 aliphatic carbocycles. The van der Waals surface area contributed by atoms with Crippen molar-refractivity contribution < 1.29 is 9.59 Å².